The number of hydrogen-bond acceptors (Lipinski definition) is 4. The quantitative estimate of drug-likeness (QED) is 0.744. The Kier molecular flexibility index (Phi) is 4.31. The minimum atomic E-state index is -0.924. The number of allylic oxidation sites excluding steroid dienone is 2. The fourth-order valence-electron chi connectivity index (χ4n) is 2.45. The lowest BCUT2D eigenvalue weighted by atomic mass is 9.78. The van der Waals surface area contributed by atoms with Gasteiger partial charge in [-0.15, -0.1) is 0 Å². The van der Waals surface area contributed by atoms with Crippen molar-refractivity contribution in [1.29, 1.82) is 0 Å². The molecule has 1 aromatic rings. The Balaban J connectivity index is 2.17. The summed E-state index contributed by atoms with van der Waals surface area (Å²) in [5.74, 6) is -0.700. The summed E-state index contributed by atoms with van der Waals surface area (Å²) in [6.07, 6.45) is 3.54. The second-order valence-corrected chi connectivity index (χ2v) is 6.06. The number of aromatic hydroxyl groups is 1. The van der Waals surface area contributed by atoms with Gasteiger partial charge in [-0.3, -0.25) is 9.79 Å². The first kappa shape index (κ1) is 15.1. The van der Waals surface area contributed by atoms with Crippen LogP contribution < -0.4 is 5.32 Å². The van der Waals surface area contributed by atoms with Crippen molar-refractivity contribution in [3.05, 3.63) is 36.0 Å². The average molecular weight is 288 g/mol. The van der Waals surface area contributed by atoms with Crippen molar-refractivity contribution in [2.24, 2.45) is 10.4 Å². The first-order valence-corrected chi connectivity index (χ1v) is 6.86. The molecule has 1 aliphatic carbocycles. The van der Waals surface area contributed by atoms with Gasteiger partial charge in [-0.05, 0) is 48.6 Å². The van der Waals surface area contributed by atoms with Crippen LogP contribution in [0.2, 0.25) is 0 Å². The first-order chi connectivity index (χ1) is 9.84. The van der Waals surface area contributed by atoms with Gasteiger partial charge in [-0.2, -0.15) is 0 Å². The van der Waals surface area contributed by atoms with E-state index in [0.29, 0.717) is 0 Å². The third-order valence-corrected chi connectivity index (χ3v) is 3.26. The first-order valence-electron chi connectivity index (χ1n) is 6.86. The summed E-state index contributed by atoms with van der Waals surface area (Å²) < 4.78 is 0. The SMILES string of the molecule is CC1(C)CC(Nc2ccc(O)cc2)=CC(=NCC(=O)O)C1. The zero-order valence-corrected chi connectivity index (χ0v) is 12.3. The number of carboxylic acid groups (broad SMARTS) is 1. The van der Waals surface area contributed by atoms with Gasteiger partial charge >= 0.3 is 5.97 Å². The van der Waals surface area contributed by atoms with Crippen LogP contribution in [0.1, 0.15) is 26.7 Å². The van der Waals surface area contributed by atoms with E-state index in [2.05, 4.69) is 24.2 Å². The molecule has 5 nitrogen and oxygen atoms in total. The lowest BCUT2D eigenvalue weighted by Gasteiger charge is -2.31. The monoisotopic (exact) mass is 288 g/mol. The van der Waals surface area contributed by atoms with Crippen LogP contribution >= 0.6 is 0 Å². The Morgan fingerprint density at radius 2 is 1.95 bits per heavy atom. The van der Waals surface area contributed by atoms with E-state index in [1.807, 2.05) is 6.08 Å². The van der Waals surface area contributed by atoms with Gasteiger partial charge in [0.15, 0.2) is 0 Å². The van der Waals surface area contributed by atoms with Crippen molar-refractivity contribution in [1.82, 2.24) is 0 Å². The molecule has 0 aromatic heterocycles. The summed E-state index contributed by atoms with van der Waals surface area (Å²) in [7, 11) is 0. The molecular weight excluding hydrogens is 268 g/mol. The van der Waals surface area contributed by atoms with Crippen LogP contribution in [0.15, 0.2) is 41.0 Å². The summed E-state index contributed by atoms with van der Waals surface area (Å²) in [6, 6.07) is 6.84. The summed E-state index contributed by atoms with van der Waals surface area (Å²) in [5.41, 5.74) is 2.72. The van der Waals surface area contributed by atoms with E-state index in [9.17, 15) is 9.90 Å². The molecule has 0 aliphatic heterocycles. The van der Waals surface area contributed by atoms with Crippen molar-refractivity contribution in [3.63, 3.8) is 0 Å². The van der Waals surface area contributed by atoms with Gasteiger partial charge in [0.2, 0.25) is 0 Å². The molecule has 1 aliphatic rings. The topological polar surface area (TPSA) is 81.9 Å². The fraction of sp³-hybridized carbons (Fsp3) is 0.375. The highest BCUT2D eigenvalue weighted by Gasteiger charge is 2.26. The smallest absolute Gasteiger partial charge is 0.325 e. The molecule has 21 heavy (non-hydrogen) atoms. The minimum absolute atomic E-state index is 0.0331. The van der Waals surface area contributed by atoms with Gasteiger partial charge in [-0.25, -0.2) is 0 Å². The fourth-order valence-corrected chi connectivity index (χ4v) is 2.45. The van der Waals surface area contributed by atoms with Crippen molar-refractivity contribution < 1.29 is 15.0 Å². The zero-order chi connectivity index (χ0) is 15.5. The Morgan fingerprint density at radius 3 is 2.57 bits per heavy atom. The summed E-state index contributed by atoms with van der Waals surface area (Å²) in [4.78, 5) is 14.8. The lowest BCUT2D eigenvalue weighted by molar-refractivity contribution is -0.135. The molecule has 0 unspecified atom stereocenters. The van der Waals surface area contributed by atoms with Crippen LogP contribution in [0.5, 0.6) is 5.75 Å². The van der Waals surface area contributed by atoms with Crippen LogP contribution in [0.3, 0.4) is 0 Å². The second kappa shape index (κ2) is 5.99. The second-order valence-electron chi connectivity index (χ2n) is 6.06. The number of aliphatic imine (C=N–C) groups is 1. The largest absolute Gasteiger partial charge is 0.508 e. The molecule has 0 heterocycles. The highest BCUT2D eigenvalue weighted by molar-refractivity contribution is 5.98. The normalized spacial score (nSPS) is 19.1. The summed E-state index contributed by atoms with van der Waals surface area (Å²) in [6.45, 7) is 4.07. The number of nitrogens with zero attached hydrogens (tertiary/aromatic N) is 1. The van der Waals surface area contributed by atoms with Crippen molar-refractivity contribution in [2.75, 3.05) is 11.9 Å². The third-order valence-electron chi connectivity index (χ3n) is 3.26. The molecule has 112 valence electrons. The van der Waals surface area contributed by atoms with Crippen LogP contribution in [-0.2, 0) is 4.79 Å². The number of phenols is 1. The predicted octanol–water partition coefficient (Wildman–Crippen LogP) is 3.03. The minimum Gasteiger partial charge on any atom is -0.508 e. The van der Waals surface area contributed by atoms with Gasteiger partial charge in [0, 0.05) is 17.1 Å². The molecule has 2 rings (SSSR count). The molecule has 0 atom stereocenters. The molecule has 0 bridgehead atoms. The van der Waals surface area contributed by atoms with E-state index in [-0.39, 0.29) is 17.7 Å². The number of carbonyl (C=O) groups is 1. The number of anilines is 1. The molecule has 0 saturated heterocycles. The lowest BCUT2D eigenvalue weighted by Crippen LogP contribution is -2.25. The van der Waals surface area contributed by atoms with Gasteiger partial charge < -0.3 is 15.5 Å². The van der Waals surface area contributed by atoms with Gasteiger partial charge in [-0.1, -0.05) is 13.8 Å². The Morgan fingerprint density at radius 1 is 1.29 bits per heavy atom. The molecular formula is C16H20N2O3. The number of nitrogens with one attached hydrogen (secondary N) is 1. The van der Waals surface area contributed by atoms with E-state index in [1.165, 1.54) is 0 Å². The maximum atomic E-state index is 10.6. The number of phenolic OH excluding ortho intramolecular Hbond substituents is 1. The highest BCUT2D eigenvalue weighted by atomic mass is 16.4. The molecule has 0 radical (unpaired) electrons. The average Bonchev–Trinajstić information content (AvgIpc) is 2.37. The maximum absolute atomic E-state index is 10.6. The van der Waals surface area contributed by atoms with E-state index in [0.717, 1.165) is 29.9 Å². The number of hydrogen-bond donors (Lipinski definition) is 3. The molecule has 0 saturated carbocycles. The van der Waals surface area contributed by atoms with Crippen molar-refractivity contribution >= 4 is 17.4 Å². The Hall–Kier alpha value is -2.30. The molecule has 3 N–H and O–H groups in total. The highest BCUT2D eigenvalue weighted by Crippen LogP contribution is 2.34. The number of benzene rings is 1. The predicted molar refractivity (Wildman–Crippen MR) is 82.8 cm³/mol. The van der Waals surface area contributed by atoms with Crippen LogP contribution in [0, 0.1) is 5.41 Å². The maximum Gasteiger partial charge on any atom is 0.325 e. The van der Waals surface area contributed by atoms with Gasteiger partial charge in [0.25, 0.3) is 0 Å². The van der Waals surface area contributed by atoms with E-state index < -0.39 is 5.97 Å². The van der Waals surface area contributed by atoms with E-state index >= 15 is 0 Å². The van der Waals surface area contributed by atoms with Gasteiger partial charge in [0.1, 0.15) is 12.3 Å². The van der Waals surface area contributed by atoms with Crippen molar-refractivity contribution in [2.45, 2.75) is 26.7 Å². The van der Waals surface area contributed by atoms with Gasteiger partial charge in [0.05, 0.1) is 0 Å². The summed E-state index contributed by atoms with van der Waals surface area (Å²) >= 11 is 0. The Labute approximate surface area is 124 Å². The molecule has 0 fully saturated rings. The third kappa shape index (κ3) is 4.63. The summed E-state index contributed by atoms with van der Waals surface area (Å²) in [5, 5.41) is 21.3. The van der Waals surface area contributed by atoms with Crippen molar-refractivity contribution in [3.8, 4) is 5.75 Å². The zero-order valence-electron chi connectivity index (χ0n) is 12.3. The van der Waals surface area contributed by atoms with E-state index in [4.69, 9.17) is 5.11 Å². The molecule has 0 spiro atoms. The van der Waals surface area contributed by atoms with Crippen LogP contribution in [0.4, 0.5) is 5.69 Å². The molecule has 1 aromatic carbocycles. The number of carboxylic acids is 1. The molecule has 5 heteroatoms. The number of rotatable bonds is 4. The molecule has 0 amide bonds. The standard InChI is InChI=1S/C16H20N2O3/c1-16(2)8-12(17-10-15(20)21)7-13(9-16)18-11-3-5-14(19)6-4-11/h3-7,18-19H,8-10H2,1-2H3,(H,20,21). The number of aliphatic carboxylic acids is 1. The van der Waals surface area contributed by atoms with Crippen LogP contribution in [-0.4, -0.2) is 28.4 Å². The van der Waals surface area contributed by atoms with E-state index in [1.54, 1.807) is 24.3 Å². The van der Waals surface area contributed by atoms with Crippen LogP contribution in [0.25, 0.3) is 0 Å². The Bertz CT molecular complexity index is 586.